The van der Waals surface area contributed by atoms with Crippen molar-refractivity contribution in [2.75, 3.05) is 0 Å². The lowest BCUT2D eigenvalue weighted by Crippen LogP contribution is -2.25. The topological polar surface area (TPSA) is 69.2 Å². The van der Waals surface area contributed by atoms with Gasteiger partial charge < -0.3 is 4.55 Å². The van der Waals surface area contributed by atoms with E-state index in [-0.39, 0.29) is 5.56 Å². The molecule has 0 spiro atoms. The van der Waals surface area contributed by atoms with Crippen LogP contribution in [0.25, 0.3) is 0 Å². The molecular weight excluding hydrogens is 197 g/mol. The molecule has 0 radical (unpaired) electrons. The first-order valence-electron chi connectivity index (χ1n) is 3.25. The number of carbonyl (C=O) groups is 1. The summed E-state index contributed by atoms with van der Waals surface area (Å²) in [7, 11) is 0. The van der Waals surface area contributed by atoms with Crippen molar-refractivity contribution in [1.82, 2.24) is 4.72 Å². The Bertz CT molecular complexity index is 338. The predicted molar refractivity (Wildman–Crippen MR) is 42.8 cm³/mol. The molecule has 0 bridgehead atoms. The molecule has 1 aromatic rings. The van der Waals surface area contributed by atoms with E-state index < -0.39 is 23.0 Å². The summed E-state index contributed by atoms with van der Waals surface area (Å²) in [5.41, 5.74) is 0.0885. The van der Waals surface area contributed by atoms with Gasteiger partial charge in [0.15, 0.2) is 0 Å². The van der Waals surface area contributed by atoms with Crippen LogP contribution in [0.2, 0.25) is 0 Å². The second kappa shape index (κ2) is 4.11. The standard InChI is InChI=1S/C7H6FNO3S/c8-6-3-1-5(2-4-6)7(10)9-13(11)12/h1-4H,(H,9,10)(H,11,12)/p-1. The van der Waals surface area contributed by atoms with E-state index in [2.05, 4.69) is 0 Å². The zero-order valence-electron chi connectivity index (χ0n) is 6.32. The maximum Gasteiger partial charge on any atom is 0.262 e. The highest BCUT2D eigenvalue weighted by atomic mass is 32.2. The second-order valence-electron chi connectivity index (χ2n) is 2.17. The van der Waals surface area contributed by atoms with Crippen LogP contribution >= 0.6 is 0 Å². The average molecular weight is 202 g/mol. The van der Waals surface area contributed by atoms with Crippen molar-refractivity contribution >= 4 is 17.2 Å². The van der Waals surface area contributed by atoms with E-state index in [1.165, 1.54) is 12.1 Å². The third kappa shape index (κ3) is 2.92. The molecule has 4 nitrogen and oxygen atoms in total. The lowest BCUT2D eigenvalue weighted by Gasteiger charge is -2.06. The molecule has 0 heterocycles. The van der Waals surface area contributed by atoms with Gasteiger partial charge in [0.25, 0.3) is 5.91 Å². The Balaban J connectivity index is 2.78. The monoisotopic (exact) mass is 202 g/mol. The number of benzene rings is 1. The Morgan fingerprint density at radius 2 is 1.92 bits per heavy atom. The molecule has 1 rings (SSSR count). The van der Waals surface area contributed by atoms with Crippen LogP contribution in [0.3, 0.4) is 0 Å². The molecule has 1 N–H and O–H groups in total. The average Bonchev–Trinajstić information content (AvgIpc) is 2.04. The van der Waals surface area contributed by atoms with Crippen LogP contribution in [0, 0.1) is 5.82 Å². The van der Waals surface area contributed by atoms with E-state index in [1.54, 1.807) is 4.72 Å². The van der Waals surface area contributed by atoms with Crippen LogP contribution < -0.4 is 4.72 Å². The first-order valence-corrected chi connectivity index (χ1v) is 4.33. The zero-order valence-corrected chi connectivity index (χ0v) is 7.14. The van der Waals surface area contributed by atoms with Gasteiger partial charge in [-0.15, -0.1) is 0 Å². The van der Waals surface area contributed by atoms with Crippen LogP contribution in [0.4, 0.5) is 4.39 Å². The molecule has 0 aliphatic rings. The van der Waals surface area contributed by atoms with Gasteiger partial charge in [0, 0.05) is 16.8 Å². The summed E-state index contributed by atoms with van der Waals surface area (Å²) in [6.07, 6.45) is 0. The van der Waals surface area contributed by atoms with Crippen molar-refractivity contribution in [3.05, 3.63) is 35.6 Å². The molecular formula is C7H5FNO3S-. The van der Waals surface area contributed by atoms with Crippen molar-refractivity contribution in [1.29, 1.82) is 0 Å². The van der Waals surface area contributed by atoms with Gasteiger partial charge in [-0.3, -0.25) is 13.7 Å². The molecule has 0 aliphatic carbocycles. The Morgan fingerprint density at radius 3 is 2.38 bits per heavy atom. The Labute approximate surface area is 76.2 Å². The summed E-state index contributed by atoms with van der Waals surface area (Å²) in [4.78, 5) is 10.9. The van der Waals surface area contributed by atoms with Gasteiger partial charge in [-0.2, -0.15) is 0 Å². The van der Waals surface area contributed by atoms with Gasteiger partial charge in [-0.05, 0) is 24.3 Å². The molecule has 0 aromatic heterocycles. The normalized spacial score (nSPS) is 12.2. The van der Waals surface area contributed by atoms with Crippen LogP contribution in [-0.4, -0.2) is 14.7 Å². The van der Waals surface area contributed by atoms with Crippen LogP contribution in [0.15, 0.2) is 24.3 Å². The fourth-order valence-electron chi connectivity index (χ4n) is 0.736. The summed E-state index contributed by atoms with van der Waals surface area (Å²) in [5.74, 6) is -1.27. The third-order valence-corrected chi connectivity index (χ3v) is 1.63. The van der Waals surface area contributed by atoms with Crippen molar-refractivity contribution in [3.8, 4) is 0 Å². The van der Waals surface area contributed by atoms with E-state index in [1.807, 2.05) is 0 Å². The Hall–Kier alpha value is -1.27. The van der Waals surface area contributed by atoms with Crippen molar-refractivity contribution in [2.45, 2.75) is 0 Å². The van der Waals surface area contributed by atoms with Crippen LogP contribution in [0.5, 0.6) is 0 Å². The molecule has 13 heavy (non-hydrogen) atoms. The molecule has 1 amide bonds. The van der Waals surface area contributed by atoms with Gasteiger partial charge in [0.2, 0.25) is 0 Å². The molecule has 70 valence electrons. The fraction of sp³-hybridized carbons (Fsp3) is 0. The summed E-state index contributed by atoms with van der Waals surface area (Å²) >= 11 is -2.64. The molecule has 1 unspecified atom stereocenters. The van der Waals surface area contributed by atoms with Gasteiger partial charge in [0.1, 0.15) is 5.82 Å². The predicted octanol–water partition coefficient (Wildman–Crippen LogP) is 0.350. The van der Waals surface area contributed by atoms with E-state index in [9.17, 15) is 17.9 Å². The fourth-order valence-corrected chi connectivity index (χ4v) is 1.01. The minimum atomic E-state index is -2.64. The molecule has 0 saturated carbocycles. The van der Waals surface area contributed by atoms with E-state index >= 15 is 0 Å². The van der Waals surface area contributed by atoms with E-state index in [0.717, 1.165) is 12.1 Å². The van der Waals surface area contributed by atoms with Gasteiger partial charge in [0.05, 0.1) is 0 Å². The highest BCUT2D eigenvalue weighted by Gasteiger charge is 2.03. The number of nitrogens with one attached hydrogen (secondary N) is 1. The quantitative estimate of drug-likeness (QED) is 0.703. The zero-order chi connectivity index (χ0) is 9.84. The van der Waals surface area contributed by atoms with Crippen molar-refractivity contribution in [2.24, 2.45) is 0 Å². The summed E-state index contributed by atoms with van der Waals surface area (Å²) in [6, 6.07) is 4.53. The van der Waals surface area contributed by atoms with E-state index in [0.29, 0.717) is 0 Å². The third-order valence-electron chi connectivity index (χ3n) is 1.28. The number of hydrogen-bond acceptors (Lipinski definition) is 3. The largest absolute Gasteiger partial charge is 0.755 e. The molecule has 1 aromatic carbocycles. The minimum absolute atomic E-state index is 0.0885. The molecule has 6 heteroatoms. The molecule has 0 fully saturated rings. The second-order valence-corrected chi connectivity index (χ2v) is 2.85. The number of halogens is 1. The Morgan fingerprint density at radius 1 is 1.38 bits per heavy atom. The highest BCUT2D eigenvalue weighted by Crippen LogP contribution is 2.02. The lowest BCUT2D eigenvalue weighted by atomic mass is 10.2. The molecule has 1 atom stereocenters. The maximum atomic E-state index is 12.4. The van der Waals surface area contributed by atoms with Crippen molar-refractivity contribution < 1.29 is 17.9 Å². The highest BCUT2D eigenvalue weighted by molar-refractivity contribution is 7.77. The Kier molecular flexibility index (Phi) is 3.10. The van der Waals surface area contributed by atoms with Gasteiger partial charge in [-0.1, -0.05) is 0 Å². The molecule has 0 saturated heterocycles. The smallest absolute Gasteiger partial charge is 0.262 e. The van der Waals surface area contributed by atoms with E-state index in [4.69, 9.17) is 0 Å². The maximum absolute atomic E-state index is 12.4. The summed E-state index contributed by atoms with van der Waals surface area (Å²) in [5, 5.41) is 0. The number of rotatable bonds is 2. The first-order chi connectivity index (χ1) is 6.09. The van der Waals surface area contributed by atoms with Gasteiger partial charge in [-0.25, -0.2) is 4.39 Å². The summed E-state index contributed by atoms with van der Waals surface area (Å²) in [6.45, 7) is 0. The van der Waals surface area contributed by atoms with Crippen LogP contribution in [-0.2, 0) is 11.3 Å². The first kappa shape index (κ1) is 9.82. The number of hydrogen-bond donors (Lipinski definition) is 1. The summed E-state index contributed by atoms with van der Waals surface area (Å²) < 4.78 is 34.1. The number of carbonyl (C=O) groups excluding carboxylic acids is 1. The molecule has 0 aliphatic heterocycles. The van der Waals surface area contributed by atoms with Crippen molar-refractivity contribution in [3.63, 3.8) is 0 Å². The van der Waals surface area contributed by atoms with Crippen LogP contribution in [0.1, 0.15) is 10.4 Å². The number of amides is 1. The van der Waals surface area contributed by atoms with Gasteiger partial charge >= 0.3 is 0 Å². The lowest BCUT2D eigenvalue weighted by molar-refractivity contribution is 0.0980. The SMILES string of the molecule is O=C(NS(=O)[O-])c1ccc(F)cc1. The minimum Gasteiger partial charge on any atom is -0.755 e.